The highest BCUT2D eigenvalue weighted by atomic mass is 16.5. The lowest BCUT2D eigenvalue weighted by molar-refractivity contribution is -0.122. The van der Waals surface area contributed by atoms with E-state index in [9.17, 15) is 4.79 Å². The largest absolute Gasteiger partial charge is 0.493 e. The van der Waals surface area contributed by atoms with Crippen molar-refractivity contribution in [2.45, 2.75) is 19.0 Å². The Balaban J connectivity index is 1.76. The number of carbonyl (C=O) groups is 1. The summed E-state index contributed by atoms with van der Waals surface area (Å²) in [4.78, 5) is 13.0. The topological polar surface area (TPSA) is 59.6 Å². The van der Waals surface area contributed by atoms with Gasteiger partial charge in [0.05, 0.1) is 20.3 Å². The number of anilines is 1. The van der Waals surface area contributed by atoms with Crippen LogP contribution < -0.4 is 20.1 Å². The Kier molecular flexibility index (Phi) is 6.74. The summed E-state index contributed by atoms with van der Waals surface area (Å²) < 4.78 is 10.6. The number of ether oxygens (including phenoxy) is 2. The van der Waals surface area contributed by atoms with E-state index in [4.69, 9.17) is 9.47 Å². The summed E-state index contributed by atoms with van der Waals surface area (Å²) in [6.45, 7) is 1.83. The predicted octanol–water partition coefficient (Wildman–Crippen LogP) is 4.41. The van der Waals surface area contributed by atoms with Crippen molar-refractivity contribution >= 4 is 11.6 Å². The lowest BCUT2D eigenvalue weighted by Gasteiger charge is -2.23. The molecule has 0 aliphatic heterocycles. The Morgan fingerprint density at radius 1 is 0.793 bits per heavy atom. The highest BCUT2D eigenvalue weighted by Gasteiger charge is 2.20. The van der Waals surface area contributed by atoms with Gasteiger partial charge in [-0.1, -0.05) is 60.7 Å². The first-order valence-corrected chi connectivity index (χ1v) is 9.51. The number of hydrogen-bond acceptors (Lipinski definition) is 4. The summed E-state index contributed by atoms with van der Waals surface area (Å²) in [7, 11) is 3.18. The van der Waals surface area contributed by atoms with Gasteiger partial charge < -0.3 is 20.1 Å². The van der Waals surface area contributed by atoms with E-state index < -0.39 is 6.04 Å². The fourth-order valence-corrected chi connectivity index (χ4v) is 3.16. The Bertz CT molecular complexity index is 890. The van der Waals surface area contributed by atoms with Crippen molar-refractivity contribution in [2.75, 3.05) is 19.5 Å². The van der Waals surface area contributed by atoms with Crippen molar-refractivity contribution < 1.29 is 14.3 Å². The molecule has 0 bridgehead atoms. The monoisotopic (exact) mass is 390 g/mol. The van der Waals surface area contributed by atoms with E-state index in [2.05, 4.69) is 10.6 Å². The number of rotatable bonds is 8. The van der Waals surface area contributed by atoms with E-state index in [1.165, 1.54) is 0 Å². The summed E-state index contributed by atoms with van der Waals surface area (Å²) in [6, 6.07) is 24.7. The standard InChI is InChI=1S/C24H26N2O3/c1-17(25-20-14-15-21(28-2)22(16-20)29-3)24(27)26-23(18-10-6-4-7-11-18)19-12-8-5-9-13-19/h4-17,23,25H,1-3H3,(H,26,27)/t17-/m0/s1. The number of carbonyl (C=O) groups excluding carboxylic acids is 1. The minimum absolute atomic E-state index is 0.0995. The number of hydrogen-bond donors (Lipinski definition) is 2. The molecule has 3 rings (SSSR count). The summed E-state index contributed by atoms with van der Waals surface area (Å²) >= 11 is 0. The van der Waals surface area contributed by atoms with E-state index >= 15 is 0 Å². The second-order valence-electron chi connectivity index (χ2n) is 6.70. The van der Waals surface area contributed by atoms with Crippen LogP contribution in [-0.2, 0) is 4.79 Å². The molecule has 5 nitrogen and oxygen atoms in total. The van der Waals surface area contributed by atoms with E-state index in [1.807, 2.05) is 85.8 Å². The number of nitrogens with one attached hydrogen (secondary N) is 2. The summed E-state index contributed by atoms with van der Waals surface area (Å²) in [6.07, 6.45) is 0. The zero-order chi connectivity index (χ0) is 20.6. The van der Waals surface area contributed by atoms with Gasteiger partial charge in [0.15, 0.2) is 11.5 Å². The van der Waals surface area contributed by atoms with Gasteiger partial charge in [0.25, 0.3) is 0 Å². The Labute approximate surface area is 171 Å². The normalized spacial score (nSPS) is 11.6. The zero-order valence-corrected chi connectivity index (χ0v) is 16.9. The molecular formula is C24H26N2O3. The lowest BCUT2D eigenvalue weighted by Crippen LogP contribution is -2.40. The molecule has 3 aromatic carbocycles. The molecule has 5 heteroatoms. The summed E-state index contributed by atoms with van der Waals surface area (Å²) in [5.74, 6) is 1.15. The minimum atomic E-state index is -0.442. The molecule has 3 aromatic rings. The SMILES string of the molecule is COc1ccc(N[C@@H](C)C(=O)NC(c2ccccc2)c2ccccc2)cc1OC. The molecule has 150 valence electrons. The van der Waals surface area contributed by atoms with Crippen molar-refractivity contribution in [3.05, 3.63) is 90.0 Å². The molecule has 0 saturated heterocycles. The van der Waals surface area contributed by atoms with Gasteiger partial charge in [0.2, 0.25) is 5.91 Å². The van der Waals surface area contributed by atoms with Gasteiger partial charge in [0.1, 0.15) is 6.04 Å². The molecule has 0 radical (unpaired) electrons. The molecule has 2 N–H and O–H groups in total. The average Bonchev–Trinajstić information content (AvgIpc) is 2.78. The smallest absolute Gasteiger partial charge is 0.242 e. The van der Waals surface area contributed by atoms with Crippen LogP contribution in [0.4, 0.5) is 5.69 Å². The Hall–Kier alpha value is -3.47. The van der Waals surface area contributed by atoms with Crippen molar-refractivity contribution in [2.24, 2.45) is 0 Å². The van der Waals surface area contributed by atoms with Gasteiger partial charge in [0, 0.05) is 11.8 Å². The molecule has 0 spiro atoms. The van der Waals surface area contributed by atoms with E-state index in [0.29, 0.717) is 11.5 Å². The van der Waals surface area contributed by atoms with Crippen LogP contribution in [0.3, 0.4) is 0 Å². The second kappa shape index (κ2) is 9.64. The summed E-state index contributed by atoms with van der Waals surface area (Å²) in [5, 5.41) is 6.39. The molecule has 0 aromatic heterocycles. The average molecular weight is 390 g/mol. The number of benzene rings is 3. The zero-order valence-electron chi connectivity index (χ0n) is 16.9. The third-order valence-electron chi connectivity index (χ3n) is 4.71. The molecule has 0 fully saturated rings. The van der Waals surface area contributed by atoms with Crippen LogP contribution in [0, 0.1) is 0 Å². The highest BCUT2D eigenvalue weighted by molar-refractivity contribution is 5.85. The number of methoxy groups -OCH3 is 2. The quantitative estimate of drug-likeness (QED) is 0.598. The first-order chi connectivity index (χ1) is 14.1. The molecule has 0 saturated carbocycles. The van der Waals surface area contributed by atoms with Gasteiger partial charge in [-0.15, -0.1) is 0 Å². The van der Waals surface area contributed by atoms with Gasteiger partial charge in [-0.3, -0.25) is 4.79 Å². The molecule has 29 heavy (non-hydrogen) atoms. The molecule has 0 unspecified atom stereocenters. The molecule has 0 aliphatic rings. The molecule has 1 atom stereocenters. The first kappa shape index (κ1) is 20.3. The van der Waals surface area contributed by atoms with Gasteiger partial charge >= 0.3 is 0 Å². The van der Waals surface area contributed by atoms with E-state index in [1.54, 1.807) is 14.2 Å². The fraction of sp³-hybridized carbons (Fsp3) is 0.208. The van der Waals surface area contributed by atoms with Crippen LogP contribution in [0.1, 0.15) is 24.1 Å². The molecular weight excluding hydrogens is 364 g/mol. The predicted molar refractivity (Wildman–Crippen MR) is 116 cm³/mol. The summed E-state index contributed by atoms with van der Waals surface area (Å²) in [5.41, 5.74) is 2.84. The maximum atomic E-state index is 13.0. The van der Waals surface area contributed by atoms with Crippen LogP contribution in [-0.4, -0.2) is 26.2 Å². The Morgan fingerprint density at radius 2 is 1.34 bits per heavy atom. The van der Waals surface area contributed by atoms with Crippen LogP contribution in [0.25, 0.3) is 0 Å². The van der Waals surface area contributed by atoms with E-state index in [0.717, 1.165) is 16.8 Å². The van der Waals surface area contributed by atoms with Crippen LogP contribution >= 0.6 is 0 Å². The van der Waals surface area contributed by atoms with Gasteiger partial charge in [-0.25, -0.2) is 0 Å². The molecule has 1 amide bonds. The third kappa shape index (κ3) is 5.08. The van der Waals surface area contributed by atoms with E-state index in [-0.39, 0.29) is 11.9 Å². The van der Waals surface area contributed by atoms with Crippen LogP contribution in [0.2, 0.25) is 0 Å². The maximum Gasteiger partial charge on any atom is 0.242 e. The lowest BCUT2D eigenvalue weighted by atomic mass is 9.98. The van der Waals surface area contributed by atoms with Crippen molar-refractivity contribution in [1.29, 1.82) is 0 Å². The van der Waals surface area contributed by atoms with Gasteiger partial charge in [-0.05, 0) is 30.2 Å². The first-order valence-electron chi connectivity index (χ1n) is 9.51. The second-order valence-corrected chi connectivity index (χ2v) is 6.70. The van der Waals surface area contributed by atoms with Crippen molar-refractivity contribution in [3.8, 4) is 11.5 Å². The highest BCUT2D eigenvalue weighted by Crippen LogP contribution is 2.30. The maximum absolute atomic E-state index is 13.0. The van der Waals surface area contributed by atoms with Crippen LogP contribution in [0.5, 0.6) is 11.5 Å². The van der Waals surface area contributed by atoms with Crippen LogP contribution in [0.15, 0.2) is 78.9 Å². The van der Waals surface area contributed by atoms with Crippen molar-refractivity contribution in [1.82, 2.24) is 5.32 Å². The fourth-order valence-electron chi connectivity index (χ4n) is 3.16. The number of amides is 1. The van der Waals surface area contributed by atoms with Crippen molar-refractivity contribution in [3.63, 3.8) is 0 Å². The Morgan fingerprint density at radius 3 is 1.86 bits per heavy atom. The molecule has 0 heterocycles. The molecule has 0 aliphatic carbocycles. The minimum Gasteiger partial charge on any atom is -0.493 e. The third-order valence-corrected chi connectivity index (χ3v) is 4.71. The van der Waals surface area contributed by atoms with Gasteiger partial charge in [-0.2, -0.15) is 0 Å².